The summed E-state index contributed by atoms with van der Waals surface area (Å²) in [5.41, 5.74) is 4.57. The monoisotopic (exact) mass is 207 g/mol. The molecular formula is C10H13N3O2. The molecule has 1 aliphatic heterocycles. The Morgan fingerprint density at radius 3 is 2.73 bits per heavy atom. The van der Waals surface area contributed by atoms with Gasteiger partial charge in [-0.05, 0) is 24.1 Å². The molecule has 15 heavy (non-hydrogen) atoms. The Bertz CT molecular complexity index is 350. The molecule has 1 atom stereocenters. The van der Waals surface area contributed by atoms with Crippen LogP contribution in [0.2, 0.25) is 0 Å². The topological polar surface area (TPSA) is 76.4 Å². The summed E-state index contributed by atoms with van der Waals surface area (Å²) in [7, 11) is 0. The van der Waals surface area contributed by atoms with Crippen LogP contribution in [0.5, 0.6) is 0 Å². The molecule has 1 aliphatic rings. The Kier molecular flexibility index (Phi) is 2.73. The van der Waals surface area contributed by atoms with E-state index in [2.05, 4.69) is 10.7 Å². The smallest absolute Gasteiger partial charge is 0.407 e. The summed E-state index contributed by atoms with van der Waals surface area (Å²) in [6.45, 7) is 0.440. The number of nitrogen functional groups attached to an aromatic ring is 1. The van der Waals surface area contributed by atoms with Gasteiger partial charge >= 0.3 is 6.09 Å². The van der Waals surface area contributed by atoms with Crippen LogP contribution in [0.3, 0.4) is 0 Å². The van der Waals surface area contributed by atoms with E-state index in [9.17, 15) is 4.79 Å². The molecule has 0 saturated carbocycles. The molecule has 1 amide bonds. The minimum atomic E-state index is -0.333. The molecule has 0 unspecified atom stereocenters. The van der Waals surface area contributed by atoms with Gasteiger partial charge < -0.3 is 15.5 Å². The van der Waals surface area contributed by atoms with E-state index in [-0.39, 0.29) is 12.1 Å². The van der Waals surface area contributed by atoms with E-state index in [1.807, 2.05) is 24.3 Å². The molecule has 0 spiro atoms. The molecule has 5 nitrogen and oxygen atoms in total. The van der Waals surface area contributed by atoms with E-state index >= 15 is 0 Å². The molecule has 1 aromatic rings. The molecule has 4 N–H and O–H groups in total. The van der Waals surface area contributed by atoms with Gasteiger partial charge in [-0.1, -0.05) is 12.1 Å². The predicted octanol–water partition coefficient (Wildman–Crippen LogP) is 0.623. The lowest BCUT2D eigenvalue weighted by Crippen LogP contribution is -2.28. The third-order valence-corrected chi connectivity index (χ3v) is 2.34. The van der Waals surface area contributed by atoms with Gasteiger partial charge in [0, 0.05) is 5.69 Å². The van der Waals surface area contributed by atoms with Crippen LogP contribution in [0.4, 0.5) is 10.5 Å². The number of ether oxygens (including phenoxy) is 1. The molecule has 5 heteroatoms. The van der Waals surface area contributed by atoms with E-state index in [4.69, 9.17) is 10.6 Å². The number of hydrazine groups is 1. The van der Waals surface area contributed by atoms with Crippen LogP contribution in [0.15, 0.2) is 24.3 Å². The van der Waals surface area contributed by atoms with Gasteiger partial charge in [0.05, 0.1) is 6.04 Å². The largest absolute Gasteiger partial charge is 0.447 e. The van der Waals surface area contributed by atoms with E-state index in [1.165, 1.54) is 0 Å². The van der Waals surface area contributed by atoms with Crippen molar-refractivity contribution in [3.05, 3.63) is 29.8 Å². The average Bonchev–Trinajstić information content (AvgIpc) is 2.65. The Hall–Kier alpha value is -1.75. The van der Waals surface area contributed by atoms with Crippen molar-refractivity contribution in [2.24, 2.45) is 5.84 Å². The van der Waals surface area contributed by atoms with Crippen molar-refractivity contribution in [2.45, 2.75) is 12.5 Å². The highest BCUT2D eigenvalue weighted by atomic mass is 16.6. The van der Waals surface area contributed by atoms with Crippen molar-refractivity contribution in [2.75, 3.05) is 12.0 Å². The minimum Gasteiger partial charge on any atom is -0.447 e. The van der Waals surface area contributed by atoms with Gasteiger partial charge in [0.1, 0.15) is 6.61 Å². The Balaban J connectivity index is 1.96. The van der Waals surface area contributed by atoms with Gasteiger partial charge in [-0.15, -0.1) is 0 Å². The second-order valence-corrected chi connectivity index (χ2v) is 3.49. The van der Waals surface area contributed by atoms with Crippen molar-refractivity contribution in [3.63, 3.8) is 0 Å². The second kappa shape index (κ2) is 4.18. The number of nitrogens with one attached hydrogen (secondary N) is 2. The SMILES string of the molecule is NNc1ccc(C[C@@H]2COC(=O)N2)cc1. The second-order valence-electron chi connectivity index (χ2n) is 3.49. The predicted molar refractivity (Wildman–Crippen MR) is 56.2 cm³/mol. The lowest BCUT2D eigenvalue weighted by atomic mass is 10.1. The molecule has 0 radical (unpaired) electrons. The molecule has 1 saturated heterocycles. The summed E-state index contributed by atoms with van der Waals surface area (Å²) in [6, 6.07) is 7.81. The maximum atomic E-state index is 10.8. The summed E-state index contributed by atoms with van der Waals surface area (Å²) in [6.07, 6.45) is 0.441. The number of rotatable bonds is 3. The first-order valence-corrected chi connectivity index (χ1v) is 4.77. The number of benzene rings is 1. The van der Waals surface area contributed by atoms with Crippen molar-refractivity contribution in [1.29, 1.82) is 0 Å². The summed E-state index contributed by atoms with van der Waals surface area (Å²) in [5, 5.41) is 2.73. The van der Waals surface area contributed by atoms with Crippen LogP contribution in [0.1, 0.15) is 5.56 Å². The molecule has 0 bridgehead atoms. The first kappa shape index (κ1) is 9.79. The lowest BCUT2D eigenvalue weighted by Gasteiger charge is -2.07. The van der Waals surface area contributed by atoms with Crippen LogP contribution < -0.4 is 16.6 Å². The van der Waals surface area contributed by atoms with E-state index in [1.54, 1.807) is 0 Å². The number of anilines is 1. The van der Waals surface area contributed by atoms with E-state index in [0.29, 0.717) is 6.61 Å². The number of nitrogens with two attached hydrogens (primary N) is 1. The molecule has 0 aliphatic carbocycles. The van der Waals surface area contributed by atoms with Gasteiger partial charge in [-0.3, -0.25) is 5.84 Å². The fourth-order valence-corrected chi connectivity index (χ4v) is 1.56. The number of carbonyl (C=O) groups excluding carboxylic acids is 1. The fourth-order valence-electron chi connectivity index (χ4n) is 1.56. The van der Waals surface area contributed by atoms with E-state index in [0.717, 1.165) is 17.7 Å². The maximum absolute atomic E-state index is 10.8. The van der Waals surface area contributed by atoms with Crippen LogP contribution in [-0.4, -0.2) is 18.7 Å². The number of hydrogen-bond acceptors (Lipinski definition) is 4. The molecule has 2 rings (SSSR count). The van der Waals surface area contributed by atoms with Crippen LogP contribution in [-0.2, 0) is 11.2 Å². The molecule has 0 aromatic heterocycles. The highest BCUT2D eigenvalue weighted by Crippen LogP contribution is 2.11. The van der Waals surface area contributed by atoms with Gasteiger partial charge in [0.2, 0.25) is 0 Å². The Labute approximate surface area is 87.6 Å². The summed E-state index contributed by atoms with van der Waals surface area (Å²) in [4.78, 5) is 10.8. The highest BCUT2D eigenvalue weighted by Gasteiger charge is 2.21. The zero-order valence-corrected chi connectivity index (χ0v) is 8.19. The van der Waals surface area contributed by atoms with Crippen molar-refractivity contribution in [1.82, 2.24) is 5.32 Å². The third-order valence-electron chi connectivity index (χ3n) is 2.34. The average molecular weight is 207 g/mol. The van der Waals surface area contributed by atoms with Crippen molar-refractivity contribution in [3.8, 4) is 0 Å². The summed E-state index contributed by atoms with van der Waals surface area (Å²) >= 11 is 0. The standard InChI is InChI=1S/C10H13N3O2/c11-13-8-3-1-7(2-4-8)5-9-6-15-10(14)12-9/h1-4,9,13H,5-6,11H2,(H,12,14)/t9-/m1/s1. The zero-order chi connectivity index (χ0) is 10.7. The third kappa shape index (κ3) is 2.38. The quantitative estimate of drug-likeness (QED) is 0.501. The van der Waals surface area contributed by atoms with E-state index < -0.39 is 0 Å². The van der Waals surface area contributed by atoms with Gasteiger partial charge in [-0.25, -0.2) is 4.79 Å². The van der Waals surface area contributed by atoms with Crippen LogP contribution in [0, 0.1) is 0 Å². The first-order valence-electron chi connectivity index (χ1n) is 4.77. The number of carbonyl (C=O) groups is 1. The summed E-state index contributed by atoms with van der Waals surface area (Å²) in [5.74, 6) is 5.25. The molecule has 1 fully saturated rings. The number of alkyl carbamates (subject to hydrolysis) is 1. The van der Waals surface area contributed by atoms with Gasteiger partial charge in [-0.2, -0.15) is 0 Å². The maximum Gasteiger partial charge on any atom is 0.407 e. The Morgan fingerprint density at radius 1 is 1.47 bits per heavy atom. The number of cyclic esters (lactones) is 1. The number of hydrogen-bond donors (Lipinski definition) is 3. The molecule has 80 valence electrons. The summed E-state index contributed by atoms with van der Waals surface area (Å²) < 4.78 is 4.80. The number of amides is 1. The Morgan fingerprint density at radius 2 is 2.20 bits per heavy atom. The normalized spacial score (nSPS) is 19.5. The lowest BCUT2D eigenvalue weighted by molar-refractivity contribution is 0.177. The molecule has 1 heterocycles. The zero-order valence-electron chi connectivity index (χ0n) is 8.19. The van der Waals surface area contributed by atoms with Crippen LogP contribution in [0.25, 0.3) is 0 Å². The molecule has 1 aromatic carbocycles. The fraction of sp³-hybridized carbons (Fsp3) is 0.300. The van der Waals surface area contributed by atoms with Crippen molar-refractivity contribution >= 4 is 11.8 Å². The minimum absolute atomic E-state index is 0.0779. The van der Waals surface area contributed by atoms with Gasteiger partial charge in [0.15, 0.2) is 0 Å². The molecular weight excluding hydrogens is 194 g/mol. The first-order chi connectivity index (χ1) is 7.28. The highest BCUT2D eigenvalue weighted by molar-refractivity contribution is 5.69. The van der Waals surface area contributed by atoms with Crippen molar-refractivity contribution < 1.29 is 9.53 Å². The van der Waals surface area contributed by atoms with Gasteiger partial charge in [0.25, 0.3) is 0 Å². The van der Waals surface area contributed by atoms with Crippen LogP contribution >= 0.6 is 0 Å².